The molecule has 1 aromatic carbocycles. The third kappa shape index (κ3) is 2.13. The lowest BCUT2D eigenvalue weighted by Gasteiger charge is -2.45. The topological polar surface area (TPSA) is 55.5 Å². The fraction of sp³-hybridized carbons (Fsp3) is 0.600. The van der Waals surface area contributed by atoms with Gasteiger partial charge in [-0.2, -0.15) is 0 Å². The van der Waals surface area contributed by atoms with Gasteiger partial charge < -0.3 is 15.6 Å². The molecule has 1 saturated carbocycles. The summed E-state index contributed by atoms with van der Waals surface area (Å²) in [7, 11) is 1.69. The lowest BCUT2D eigenvalue weighted by Crippen LogP contribution is -2.43. The van der Waals surface area contributed by atoms with Crippen molar-refractivity contribution in [2.45, 2.75) is 38.6 Å². The summed E-state index contributed by atoms with van der Waals surface area (Å²) in [5, 5.41) is 9.59. The van der Waals surface area contributed by atoms with Gasteiger partial charge in [0.1, 0.15) is 5.75 Å². The molecule has 0 amide bonds. The first-order chi connectivity index (χ1) is 8.66. The van der Waals surface area contributed by atoms with E-state index in [1.54, 1.807) is 7.11 Å². The fourth-order valence-corrected chi connectivity index (χ4v) is 2.82. The van der Waals surface area contributed by atoms with Gasteiger partial charge in [-0.1, -0.05) is 25.5 Å². The second kappa shape index (κ2) is 5.29. The van der Waals surface area contributed by atoms with Gasteiger partial charge in [-0.15, -0.1) is 0 Å². The number of aryl methyl sites for hydroxylation is 1. The van der Waals surface area contributed by atoms with Crippen molar-refractivity contribution in [2.24, 2.45) is 11.1 Å². The average Bonchev–Trinajstić information content (AvgIpc) is 2.37. The molecular formula is C15H23NO2. The maximum atomic E-state index is 9.59. The van der Waals surface area contributed by atoms with Crippen LogP contribution in [0.4, 0.5) is 0 Å². The van der Waals surface area contributed by atoms with Gasteiger partial charge in [0, 0.05) is 11.5 Å². The Hall–Kier alpha value is -1.06. The first kappa shape index (κ1) is 13.4. The maximum absolute atomic E-state index is 9.59. The van der Waals surface area contributed by atoms with Crippen LogP contribution in [0.3, 0.4) is 0 Å². The molecule has 0 heterocycles. The van der Waals surface area contributed by atoms with Crippen LogP contribution in [-0.4, -0.2) is 18.8 Å². The monoisotopic (exact) mass is 249 g/mol. The highest BCUT2D eigenvalue weighted by Crippen LogP contribution is 2.49. The highest BCUT2D eigenvalue weighted by molar-refractivity contribution is 5.39. The van der Waals surface area contributed by atoms with Gasteiger partial charge in [0.25, 0.3) is 0 Å². The highest BCUT2D eigenvalue weighted by atomic mass is 16.5. The molecule has 3 N–H and O–H groups in total. The molecule has 0 radical (unpaired) electrons. The Morgan fingerprint density at radius 1 is 1.44 bits per heavy atom. The molecule has 100 valence electrons. The number of hydrogen-bond acceptors (Lipinski definition) is 3. The van der Waals surface area contributed by atoms with Gasteiger partial charge in [0.2, 0.25) is 0 Å². The Bertz CT molecular complexity index is 407. The van der Waals surface area contributed by atoms with Crippen LogP contribution >= 0.6 is 0 Å². The van der Waals surface area contributed by atoms with Gasteiger partial charge in [-0.25, -0.2) is 0 Å². The van der Waals surface area contributed by atoms with E-state index in [4.69, 9.17) is 10.5 Å². The van der Waals surface area contributed by atoms with Crippen molar-refractivity contribution >= 4 is 0 Å². The van der Waals surface area contributed by atoms with Crippen molar-refractivity contribution < 1.29 is 9.84 Å². The summed E-state index contributed by atoms with van der Waals surface area (Å²) in [6.45, 7) is 2.29. The molecule has 1 aliphatic rings. The van der Waals surface area contributed by atoms with Crippen molar-refractivity contribution in [1.82, 2.24) is 0 Å². The van der Waals surface area contributed by atoms with E-state index in [1.807, 2.05) is 12.1 Å². The summed E-state index contributed by atoms with van der Waals surface area (Å²) in [4.78, 5) is 0. The number of nitrogens with two attached hydrogens (primary N) is 1. The first-order valence-electron chi connectivity index (χ1n) is 6.70. The first-order valence-corrected chi connectivity index (χ1v) is 6.70. The van der Waals surface area contributed by atoms with E-state index in [2.05, 4.69) is 13.0 Å². The predicted molar refractivity (Wildman–Crippen MR) is 72.7 cm³/mol. The Labute approximate surface area is 109 Å². The largest absolute Gasteiger partial charge is 0.496 e. The van der Waals surface area contributed by atoms with Crippen molar-refractivity contribution in [1.29, 1.82) is 0 Å². The number of aliphatic hydroxyl groups is 1. The van der Waals surface area contributed by atoms with Crippen molar-refractivity contribution in [2.75, 3.05) is 13.7 Å². The van der Waals surface area contributed by atoms with Gasteiger partial charge in [-0.3, -0.25) is 0 Å². The highest BCUT2D eigenvalue weighted by Gasteiger charge is 2.42. The molecule has 1 aromatic rings. The third-order valence-electron chi connectivity index (χ3n) is 4.37. The zero-order valence-corrected chi connectivity index (χ0v) is 11.3. The molecule has 0 spiro atoms. The molecule has 0 bridgehead atoms. The molecule has 18 heavy (non-hydrogen) atoms. The minimum atomic E-state index is -0.0976. The minimum Gasteiger partial charge on any atom is -0.496 e. The molecule has 1 atom stereocenters. The summed E-state index contributed by atoms with van der Waals surface area (Å²) in [6, 6.07) is 6.06. The standard InChI is InChI=1S/C15H23NO2/c1-3-11-9-12(5-6-13(11)18-2)14(16)15(10-17)7-4-8-15/h5-6,9,14,17H,3-4,7-8,10,16H2,1-2H3. The minimum absolute atomic E-state index is 0.0764. The van der Waals surface area contributed by atoms with E-state index in [0.29, 0.717) is 0 Å². The van der Waals surface area contributed by atoms with Crippen LogP contribution in [0.15, 0.2) is 18.2 Å². The summed E-state index contributed by atoms with van der Waals surface area (Å²) in [6.07, 6.45) is 4.15. The van der Waals surface area contributed by atoms with Crippen LogP contribution in [0.25, 0.3) is 0 Å². The predicted octanol–water partition coefficient (Wildman–Crippen LogP) is 2.42. The van der Waals surface area contributed by atoms with Crippen LogP contribution < -0.4 is 10.5 Å². The zero-order valence-electron chi connectivity index (χ0n) is 11.3. The summed E-state index contributed by atoms with van der Waals surface area (Å²) >= 11 is 0. The molecule has 0 saturated heterocycles. The van der Waals surface area contributed by atoms with Gasteiger partial charge >= 0.3 is 0 Å². The number of aliphatic hydroxyl groups excluding tert-OH is 1. The SMILES string of the molecule is CCc1cc(C(N)C2(CO)CCC2)ccc1OC. The lowest BCUT2D eigenvalue weighted by molar-refractivity contribution is 0.0184. The van der Waals surface area contributed by atoms with Crippen molar-refractivity contribution in [3.8, 4) is 5.75 Å². The number of benzene rings is 1. The molecule has 2 rings (SSSR count). The van der Waals surface area contributed by atoms with E-state index in [9.17, 15) is 5.11 Å². The van der Waals surface area contributed by atoms with Gasteiger partial charge in [0.05, 0.1) is 13.7 Å². The average molecular weight is 249 g/mol. The van der Waals surface area contributed by atoms with E-state index >= 15 is 0 Å². The van der Waals surface area contributed by atoms with E-state index in [0.717, 1.165) is 30.6 Å². The Morgan fingerprint density at radius 2 is 2.17 bits per heavy atom. The van der Waals surface area contributed by atoms with Crippen LogP contribution in [0.1, 0.15) is 43.4 Å². The Kier molecular flexibility index (Phi) is 3.93. The second-order valence-electron chi connectivity index (χ2n) is 5.28. The van der Waals surface area contributed by atoms with Gasteiger partial charge in [-0.05, 0) is 36.5 Å². The molecule has 3 nitrogen and oxygen atoms in total. The van der Waals surface area contributed by atoms with E-state index in [-0.39, 0.29) is 18.1 Å². The third-order valence-corrected chi connectivity index (χ3v) is 4.37. The van der Waals surface area contributed by atoms with Crippen molar-refractivity contribution in [3.63, 3.8) is 0 Å². The normalized spacial score (nSPS) is 19.1. The van der Waals surface area contributed by atoms with Crippen LogP contribution in [0.2, 0.25) is 0 Å². The van der Waals surface area contributed by atoms with Crippen LogP contribution in [0.5, 0.6) is 5.75 Å². The van der Waals surface area contributed by atoms with E-state index in [1.165, 1.54) is 12.0 Å². The quantitative estimate of drug-likeness (QED) is 0.842. The number of ether oxygens (including phenoxy) is 1. The number of hydrogen-bond donors (Lipinski definition) is 2. The van der Waals surface area contributed by atoms with Crippen LogP contribution in [0, 0.1) is 5.41 Å². The zero-order chi connectivity index (χ0) is 13.2. The molecule has 1 aliphatic carbocycles. The van der Waals surface area contributed by atoms with E-state index < -0.39 is 0 Å². The number of rotatable bonds is 5. The molecular weight excluding hydrogens is 226 g/mol. The summed E-state index contributed by atoms with van der Waals surface area (Å²) < 4.78 is 5.33. The molecule has 1 fully saturated rings. The maximum Gasteiger partial charge on any atom is 0.122 e. The van der Waals surface area contributed by atoms with Crippen LogP contribution in [-0.2, 0) is 6.42 Å². The van der Waals surface area contributed by atoms with Gasteiger partial charge in [0.15, 0.2) is 0 Å². The molecule has 0 aliphatic heterocycles. The summed E-state index contributed by atoms with van der Waals surface area (Å²) in [5.74, 6) is 0.917. The second-order valence-corrected chi connectivity index (χ2v) is 5.28. The Morgan fingerprint density at radius 3 is 2.61 bits per heavy atom. The molecule has 3 heteroatoms. The molecule has 1 unspecified atom stereocenters. The Balaban J connectivity index is 2.28. The lowest BCUT2D eigenvalue weighted by atomic mass is 9.63. The summed E-state index contributed by atoms with van der Waals surface area (Å²) in [5.41, 5.74) is 8.55. The molecule has 0 aromatic heterocycles. The smallest absolute Gasteiger partial charge is 0.122 e. The van der Waals surface area contributed by atoms with Crippen molar-refractivity contribution in [3.05, 3.63) is 29.3 Å². The number of methoxy groups -OCH3 is 1. The fourth-order valence-electron chi connectivity index (χ4n) is 2.82.